The van der Waals surface area contributed by atoms with Crippen LogP contribution in [-0.4, -0.2) is 61.3 Å². The van der Waals surface area contributed by atoms with Gasteiger partial charge in [0.05, 0.1) is 29.5 Å². The number of benzene rings is 2. The van der Waals surface area contributed by atoms with Gasteiger partial charge in [-0.2, -0.15) is 5.10 Å². The molecule has 8 nitrogen and oxygen atoms in total. The van der Waals surface area contributed by atoms with Gasteiger partial charge in [0.15, 0.2) is 0 Å². The summed E-state index contributed by atoms with van der Waals surface area (Å²) < 4.78 is 12.2. The van der Waals surface area contributed by atoms with Crippen LogP contribution < -0.4 is 15.0 Å². The SMILES string of the molecule is COCCCNC(=O)CN1C(=O)CSC(c2cccc(Cl)c2)c2c(C(C)(C)C)nn(-c3ccc(OC)cc3)c21. The Kier molecular flexibility index (Phi) is 9.25. The van der Waals surface area contributed by atoms with Gasteiger partial charge in [-0.3, -0.25) is 14.5 Å². The number of anilines is 1. The van der Waals surface area contributed by atoms with Crippen molar-refractivity contribution >= 4 is 41.0 Å². The Hall–Kier alpha value is -3.01. The molecule has 1 aliphatic rings. The Morgan fingerprint density at radius 2 is 1.92 bits per heavy atom. The van der Waals surface area contributed by atoms with Crippen LogP contribution in [0.25, 0.3) is 5.69 Å². The molecular weight excluding hydrogens is 536 g/mol. The van der Waals surface area contributed by atoms with Gasteiger partial charge >= 0.3 is 0 Å². The van der Waals surface area contributed by atoms with Crippen molar-refractivity contribution in [3.05, 3.63) is 70.4 Å². The zero-order valence-electron chi connectivity index (χ0n) is 23.0. The van der Waals surface area contributed by atoms with Crippen LogP contribution in [0.15, 0.2) is 48.5 Å². The summed E-state index contributed by atoms with van der Waals surface area (Å²) in [5, 5.41) is 8.42. The van der Waals surface area contributed by atoms with Crippen molar-refractivity contribution in [2.45, 2.75) is 37.9 Å². The Morgan fingerprint density at radius 3 is 2.56 bits per heavy atom. The van der Waals surface area contributed by atoms with Crippen molar-refractivity contribution in [3.8, 4) is 11.4 Å². The van der Waals surface area contributed by atoms with Crippen molar-refractivity contribution in [1.29, 1.82) is 0 Å². The van der Waals surface area contributed by atoms with E-state index in [0.29, 0.717) is 36.2 Å². The molecule has 4 rings (SSSR count). The predicted molar refractivity (Wildman–Crippen MR) is 156 cm³/mol. The predicted octanol–water partition coefficient (Wildman–Crippen LogP) is 5.15. The van der Waals surface area contributed by atoms with E-state index in [1.54, 1.807) is 23.8 Å². The number of halogens is 1. The zero-order chi connectivity index (χ0) is 28.2. The zero-order valence-corrected chi connectivity index (χ0v) is 24.6. The third-order valence-electron chi connectivity index (χ3n) is 6.42. The number of ether oxygens (including phenoxy) is 2. The average Bonchev–Trinajstić information content (AvgIpc) is 3.24. The number of rotatable bonds is 9. The quantitative estimate of drug-likeness (QED) is 0.358. The van der Waals surface area contributed by atoms with Gasteiger partial charge in [0, 0.05) is 36.3 Å². The first kappa shape index (κ1) is 29.0. The summed E-state index contributed by atoms with van der Waals surface area (Å²) in [4.78, 5) is 28.3. The average molecular weight is 571 g/mol. The van der Waals surface area contributed by atoms with Crippen molar-refractivity contribution < 1.29 is 19.1 Å². The van der Waals surface area contributed by atoms with E-state index < -0.39 is 0 Å². The van der Waals surface area contributed by atoms with Crippen LogP contribution in [0.1, 0.15) is 49.3 Å². The minimum Gasteiger partial charge on any atom is -0.497 e. The fraction of sp³-hybridized carbons (Fsp3) is 0.414. The van der Waals surface area contributed by atoms with Crippen LogP contribution in [0.2, 0.25) is 5.02 Å². The lowest BCUT2D eigenvalue weighted by Crippen LogP contribution is -2.42. The maximum atomic E-state index is 13.7. The summed E-state index contributed by atoms with van der Waals surface area (Å²) in [6, 6.07) is 15.2. The molecule has 0 bridgehead atoms. The van der Waals surface area contributed by atoms with E-state index in [4.69, 9.17) is 26.2 Å². The molecule has 2 amide bonds. The second-order valence-electron chi connectivity index (χ2n) is 10.4. The third-order valence-corrected chi connectivity index (χ3v) is 7.91. The molecule has 1 N–H and O–H groups in total. The summed E-state index contributed by atoms with van der Waals surface area (Å²) in [7, 11) is 3.24. The number of nitrogens with zero attached hydrogens (tertiary/aromatic N) is 3. The Balaban J connectivity index is 1.90. The second-order valence-corrected chi connectivity index (χ2v) is 11.9. The maximum absolute atomic E-state index is 13.7. The number of thioether (sulfide) groups is 1. The van der Waals surface area contributed by atoms with Gasteiger partial charge in [-0.05, 0) is 48.4 Å². The molecule has 0 fully saturated rings. The summed E-state index contributed by atoms with van der Waals surface area (Å²) in [5.41, 5.74) is 3.15. The maximum Gasteiger partial charge on any atom is 0.240 e. The first-order valence-corrected chi connectivity index (χ1v) is 14.3. The molecule has 1 aliphatic heterocycles. The number of hydrogen-bond acceptors (Lipinski definition) is 6. The minimum atomic E-state index is -0.347. The lowest BCUT2D eigenvalue weighted by atomic mass is 9.87. The van der Waals surface area contributed by atoms with Gasteiger partial charge in [0.25, 0.3) is 0 Å². The highest BCUT2D eigenvalue weighted by molar-refractivity contribution is 8.00. The number of nitrogens with one attached hydrogen (secondary N) is 1. The third kappa shape index (κ3) is 6.59. The fourth-order valence-corrected chi connectivity index (χ4v) is 5.94. The molecule has 0 aliphatic carbocycles. The second kappa shape index (κ2) is 12.4. The van der Waals surface area contributed by atoms with Gasteiger partial charge < -0.3 is 14.8 Å². The molecule has 0 spiro atoms. The first-order chi connectivity index (χ1) is 18.6. The number of fused-ring (bicyclic) bond motifs is 1. The van der Waals surface area contributed by atoms with Crippen molar-refractivity contribution in [2.24, 2.45) is 0 Å². The molecule has 208 valence electrons. The summed E-state index contributed by atoms with van der Waals surface area (Å²) >= 11 is 7.93. The van der Waals surface area contributed by atoms with Crippen LogP contribution in [0.4, 0.5) is 5.82 Å². The van der Waals surface area contributed by atoms with Gasteiger partial charge in [-0.15, -0.1) is 11.8 Å². The van der Waals surface area contributed by atoms with E-state index in [1.165, 1.54) is 11.8 Å². The van der Waals surface area contributed by atoms with E-state index in [9.17, 15) is 9.59 Å². The van der Waals surface area contributed by atoms with Gasteiger partial charge in [-0.25, -0.2) is 4.68 Å². The van der Waals surface area contributed by atoms with Crippen LogP contribution >= 0.6 is 23.4 Å². The molecule has 2 heterocycles. The van der Waals surface area contributed by atoms with E-state index >= 15 is 0 Å². The highest BCUT2D eigenvalue weighted by Gasteiger charge is 2.40. The van der Waals surface area contributed by atoms with E-state index in [0.717, 1.165) is 22.5 Å². The molecule has 3 aromatic rings. The Bertz CT molecular complexity index is 1320. The van der Waals surface area contributed by atoms with Gasteiger partial charge in [-0.1, -0.05) is 44.5 Å². The van der Waals surface area contributed by atoms with Gasteiger partial charge in [0.2, 0.25) is 11.8 Å². The number of hydrogen-bond donors (Lipinski definition) is 1. The number of methoxy groups -OCH3 is 2. The molecule has 0 radical (unpaired) electrons. The topological polar surface area (TPSA) is 85.7 Å². The lowest BCUT2D eigenvalue weighted by Gasteiger charge is -2.24. The standard InChI is InChI=1S/C29H35ClN4O4S/c1-29(2,3)27-25-26(19-8-6-9-20(30)16-19)39-18-24(36)33(17-23(35)31-14-7-15-37-4)28(25)34(32-27)21-10-12-22(38-5)13-11-21/h6,8-13,16,26H,7,14-15,17-18H2,1-5H3,(H,31,35). The molecule has 2 aromatic carbocycles. The summed E-state index contributed by atoms with van der Waals surface area (Å²) in [6.07, 6.45) is 0.687. The first-order valence-electron chi connectivity index (χ1n) is 12.8. The fourth-order valence-electron chi connectivity index (χ4n) is 4.55. The van der Waals surface area contributed by atoms with Crippen molar-refractivity contribution in [1.82, 2.24) is 15.1 Å². The van der Waals surface area contributed by atoms with Crippen molar-refractivity contribution in [2.75, 3.05) is 44.6 Å². The normalized spacial score (nSPS) is 15.6. The number of carbonyl (C=O) groups excluding carboxylic acids is 2. The molecule has 1 aromatic heterocycles. The highest BCUT2D eigenvalue weighted by atomic mass is 35.5. The van der Waals surface area contributed by atoms with Crippen LogP contribution in [0.5, 0.6) is 5.75 Å². The molecule has 0 saturated heterocycles. The molecule has 1 unspecified atom stereocenters. The molecule has 0 saturated carbocycles. The minimum absolute atomic E-state index is 0.118. The summed E-state index contributed by atoms with van der Waals surface area (Å²) in [5.74, 6) is 1.11. The van der Waals surface area contributed by atoms with E-state index in [-0.39, 0.29) is 34.8 Å². The van der Waals surface area contributed by atoms with Gasteiger partial charge in [0.1, 0.15) is 18.1 Å². The van der Waals surface area contributed by atoms with Crippen LogP contribution in [0, 0.1) is 0 Å². The Labute approximate surface area is 239 Å². The number of amides is 2. The van der Waals surface area contributed by atoms with Crippen molar-refractivity contribution in [3.63, 3.8) is 0 Å². The number of aromatic nitrogens is 2. The summed E-state index contributed by atoms with van der Waals surface area (Å²) in [6.45, 7) is 7.21. The lowest BCUT2D eigenvalue weighted by molar-refractivity contribution is -0.122. The largest absolute Gasteiger partial charge is 0.497 e. The van der Waals surface area contributed by atoms with Crippen LogP contribution in [0.3, 0.4) is 0 Å². The highest BCUT2D eigenvalue weighted by Crippen LogP contribution is 2.48. The van der Waals surface area contributed by atoms with E-state index in [2.05, 4.69) is 26.1 Å². The molecule has 1 atom stereocenters. The molecule has 39 heavy (non-hydrogen) atoms. The monoisotopic (exact) mass is 570 g/mol. The number of carbonyl (C=O) groups is 2. The molecule has 10 heteroatoms. The Morgan fingerprint density at radius 1 is 1.18 bits per heavy atom. The smallest absolute Gasteiger partial charge is 0.240 e. The molecular formula is C29H35ClN4O4S. The van der Waals surface area contributed by atoms with Crippen LogP contribution in [-0.2, 0) is 19.7 Å². The van der Waals surface area contributed by atoms with E-state index in [1.807, 2.05) is 48.5 Å².